The molecule has 0 saturated heterocycles. The van der Waals surface area contributed by atoms with E-state index < -0.39 is 20.0 Å². The van der Waals surface area contributed by atoms with Crippen molar-refractivity contribution < 1.29 is 37.3 Å². The van der Waals surface area contributed by atoms with Crippen LogP contribution in [0.4, 0.5) is 0 Å². The quantitative estimate of drug-likeness (QED) is 0.0205. The van der Waals surface area contributed by atoms with Crippen molar-refractivity contribution in [3.05, 3.63) is 24.3 Å². The van der Waals surface area contributed by atoms with Crippen LogP contribution in [-0.2, 0) is 27.9 Å². The molecule has 0 aliphatic rings. The van der Waals surface area contributed by atoms with Crippen LogP contribution in [0.25, 0.3) is 0 Å². The standard InChI is InChI=1S/C82H161N2O7P/c1-7-10-13-16-19-22-25-28-30-32-34-36-38-40-42-44-46-48-50-52-54-56-59-62-65-68-71-74-81(85)83-79(78-90-92(87,88)89-77-76-84(4,5)6)80(73-70-67-64-61-58-27-24-21-18-15-12-9-3)91-82(86)75-72-69-66-63-60-57-55-53-51-49-47-45-43-41-39-37-35-33-31-29-26-23-20-17-14-11-8-2/h29,31,70,73,79-80H,7-28,30,32-69,71-72,74-78H2,1-6H3,(H-,83,85,87,88)/p+1/b31-29+,73-70+. The fourth-order valence-corrected chi connectivity index (χ4v) is 13.6. The van der Waals surface area contributed by atoms with E-state index >= 15 is 0 Å². The molecule has 0 aliphatic carbocycles. The van der Waals surface area contributed by atoms with Gasteiger partial charge in [-0.15, -0.1) is 0 Å². The minimum absolute atomic E-state index is 0.0452. The van der Waals surface area contributed by atoms with Crippen molar-refractivity contribution in [2.75, 3.05) is 40.9 Å². The lowest BCUT2D eigenvalue weighted by molar-refractivity contribution is -0.870. The maximum Gasteiger partial charge on any atom is 0.472 e. The molecule has 0 aromatic carbocycles. The molecule has 3 atom stereocenters. The Hall–Kier alpha value is -1.51. The molecule has 3 unspecified atom stereocenters. The fraction of sp³-hybridized carbons (Fsp3) is 0.927. The second-order valence-electron chi connectivity index (χ2n) is 29.7. The third kappa shape index (κ3) is 72.8. The van der Waals surface area contributed by atoms with Crippen LogP contribution in [0, 0.1) is 0 Å². The minimum Gasteiger partial charge on any atom is -0.456 e. The number of hydrogen-bond donors (Lipinski definition) is 2. The summed E-state index contributed by atoms with van der Waals surface area (Å²) in [4.78, 5) is 38.1. The van der Waals surface area contributed by atoms with Crippen LogP contribution in [-0.4, -0.2) is 74.3 Å². The van der Waals surface area contributed by atoms with Crippen molar-refractivity contribution in [1.29, 1.82) is 0 Å². The molecule has 0 bridgehead atoms. The number of amides is 1. The number of carbonyl (C=O) groups excluding carboxylic acids is 2. The first-order chi connectivity index (χ1) is 44.9. The van der Waals surface area contributed by atoms with E-state index in [2.05, 4.69) is 44.3 Å². The van der Waals surface area contributed by atoms with E-state index in [9.17, 15) is 19.0 Å². The predicted octanol–water partition coefficient (Wildman–Crippen LogP) is 26.8. The average molecular weight is 1320 g/mol. The second-order valence-corrected chi connectivity index (χ2v) is 31.1. The molecule has 0 fully saturated rings. The minimum atomic E-state index is -4.45. The molecule has 2 N–H and O–H groups in total. The zero-order chi connectivity index (χ0) is 67.0. The van der Waals surface area contributed by atoms with E-state index in [1.165, 1.54) is 347 Å². The molecule has 10 heteroatoms. The van der Waals surface area contributed by atoms with Gasteiger partial charge in [0.2, 0.25) is 5.91 Å². The van der Waals surface area contributed by atoms with Crippen LogP contribution >= 0.6 is 7.82 Å². The second kappa shape index (κ2) is 72.2. The van der Waals surface area contributed by atoms with E-state index in [0.29, 0.717) is 23.9 Å². The van der Waals surface area contributed by atoms with Gasteiger partial charge in [0.05, 0.1) is 33.8 Å². The zero-order valence-corrected chi connectivity index (χ0v) is 63.7. The van der Waals surface area contributed by atoms with E-state index in [0.717, 1.165) is 57.8 Å². The lowest BCUT2D eigenvalue weighted by Crippen LogP contribution is -2.47. The summed E-state index contributed by atoms with van der Waals surface area (Å²) in [7, 11) is 1.53. The molecule has 9 nitrogen and oxygen atoms in total. The maximum atomic E-state index is 13.7. The lowest BCUT2D eigenvalue weighted by atomic mass is 10.0. The summed E-state index contributed by atoms with van der Waals surface area (Å²) in [6.07, 6.45) is 90.9. The highest BCUT2D eigenvalue weighted by Gasteiger charge is 2.30. The molecule has 0 aliphatic heterocycles. The number of nitrogens with one attached hydrogen (secondary N) is 1. The largest absolute Gasteiger partial charge is 0.472 e. The molecule has 0 rings (SSSR count). The van der Waals surface area contributed by atoms with Crippen LogP contribution in [0.1, 0.15) is 438 Å². The summed E-state index contributed by atoms with van der Waals surface area (Å²) in [6.45, 7) is 7.10. The van der Waals surface area contributed by atoms with Gasteiger partial charge in [0.1, 0.15) is 19.3 Å². The predicted molar refractivity (Wildman–Crippen MR) is 402 cm³/mol. The smallest absolute Gasteiger partial charge is 0.456 e. The number of rotatable bonds is 77. The number of quaternary nitrogens is 1. The monoisotopic (exact) mass is 1320 g/mol. The first kappa shape index (κ1) is 90.5. The van der Waals surface area contributed by atoms with Crippen molar-refractivity contribution in [2.45, 2.75) is 450 Å². The van der Waals surface area contributed by atoms with Gasteiger partial charge >= 0.3 is 13.8 Å². The van der Waals surface area contributed by atoms with Gasteiger partial charge in [-0.3, -0.25) is 18.6 Å². The Morgan fingerprint density at radius 2 is 0.630 bits per heavy atom. The third-order valence-corrected chi connectivity index (χ3v) is 20.1. The highest BCUT2D eigenvalue weighted by molar-refractivity contribution is 7.47. The first-order valence-electron chi connectivity index (χ1n) is 41.2. The molecule has 546 valence electrons. The number of esters is 1. The Balaban J connectivity index is 4.84. The molecule has 1 amide bonds. The Bertz CT molecular complexity index is 1620. The van der Waals surface area contributed by atoms with Gasteiger partial charge < -0.3 is 19.4 Å². The van der Waals surface area contributed by atoms with Gasteiger partial charge in [0.25, 0.3) is 0 Å². The summed E-state index contributed by atoms with van der Waals surface area (Å²) in [5.41, 5.74) is 0. The number of ether oxygens (including phenoxy) is 1. The van der Waals surface area contributed by atoms with E-state index in [1.807, 2.05) is 27.2 Å². The Labute approximate surface area is 574 Å². The van der Waals surface area contributed by atoms with Crippen molar-refractivity contribution >= 4 is 19.7 Å². The Morgan fingerprint density at radius 3 is 0.924 bits per heavy atom. The molecule has 0 aromatic heterocycles. The number of allylic oxidation sites excluding steroid dienone is 3. The van der Waals surface area contributed by atoms with Crippen LogP contribution in [0.3, 0.4) is 0 Å². The van der Waals surface area contributed by atoms with E-state index in [1.54, 1.807) is 0 Å². The molecule has 0 saturated carbocycles. The number of carbonyl (C=O) groups is 2. The van der Waals surface area contributed by atoms with Crippen LogP contribution in [0.5, 0.6) is 0 Å². The Kier molecular flexibility index (Phi) is 71.1. The van der Waals surface area contributed by atoms with Gasteiger partial charge in [0, 0.05) is 12.8 Å². The van der Waals surface area contributed by atoms with E-state index in [4.69, 9.17) is 13.8 Å². The highest BCUT2D eigenvalue weighted by atomic mass is 31.2. The van der Waals surface area contributed by atoms with Crippen LogP contribution in [0.15, 0.2) is 24.3 Å². The van der Waals surface area contributed by atoms with Crippen molar-refractivity contribution in [3.63, 3.8) is 0 Å². The molecule has 0 aromatic rings. The number of phosphoric acid groups is 1. The van der Waals surface area contributed by atoms with Crippen molar-refractivity contribution in [3.8, 4) is 0 Å². The number of likely N-dealkylation sites (N-methyl/N-ethyl adjacent to an activating group) is 1. The summed E-state index contributed by atoms with van der Waals surface area (Å²) >= 11 is 0. The van der Waals surface area contributed by atoms with E-state index in [-0.39, 0.29) is 25.1 Å². The fourth-order valence-electron chi connectivity index (χ4n) is 12.8. The van der Waals surface area contributed by atoms with Crippen molar-refractivity contribution in [1.82, 2.24) is 5.32 Å². The van der Waals surface area contributed by atoms with Gasteiger partial charge in [-0.25, -0.2) is 4.57 Å². The summed E-state index contributed by atoms with van der Waals surface area (Å²) in [5, 5.41) is 3.09. The summed E-state index contributed by atoms with van der Waals surface area (Å²) in [5.74, 6) is -0.475. The van der Waals surface area contributed by atoms with Gasteiger partial charge in [-0.2, -0.15) is 0 Å². The lowest BCUT2D eigenvalue weighted by Gasteiger charge is -2.27. The number of unbranched alkanes of at least 4 members (excludes halogenated alkanes) is 59. The SMILES string of the molecule is CCCCCCCC/C=C/CCCCCCCCCCCCCCCCCCCC(=O)OC(/C=C/CCCCCCCCCCCC)C(COP(=O)(O)OCC[N+](C)(C)C)NC(=O)CCCCCCCCCCCCCCCCCCCCCCCCCCCCC. The molecule has 0 heterocycles. The summed E-state index contributed by atoms with van der Waals surface area (Å²) < 4.78 is 31.0. The van der Waals surface area contributed by atoms with Crippen LogP contribution < -0.4 is 5.32 Å². The molecule has 92 heavy (non-hydrogen) atoms. The average Bonchev–Trinajstić information content (AvgIpc) is 3.72. The van der Waals surface area contributed by atoms with Gasteiger partial charge in [-0.1, -0.05) is 392 Å². The number of nitrogens with zero attached hydrogens (tertiary/aromatic N) is 1. The molecule has 0 radical (unpaired) electrons. The maximum absolute atomic E-state index is 13.7. The van der Waals surface area contributed by atoms with Gasteiger partial charge in [-0.05, 0) is 57.4 Å². The molecule has 0 spiro atoms. The van der Waals surface area contributed by atoms with Gasteiger partial charge in [0.15, 0.2) is 0 Å². The third-order valence-electron chi connectivity index (χ3n) is 19.1. The van der Waals surface area contributed by atoms with Crippen LogP contribution in [0.2, 0.25) is 0 Å². The number of phosphoric ester groups is 1. The molecular formula is C82H162N2O7P+. The highest BCUT2D eigenvalue weighted by Crippen LogP contribution is 2.43. The van der Waals surface area contributed by atoms with Crippen molar-refractivity contribution in [2.24, 2.45) is 0 Å². The molecular weight excluding hydrogens is 1160 g/mol. The summed E-state index contributed by atoms with van der Waals surface area (Å²) in [6, 6.07) is -0.844. The zero-order valence-electron chi connectivity index (χ0n) is 62.8. The Morgan fingerprint density at radius 1 is 0.370 bits per heavy atom. The normalized spacial score (nSPS) is 13.4. The first-order valence-corrected chi connectivity index (χ1v) is 42.7. The number of hydrogen-bond acceptors (Lipinski definition) is 6. The topological polar surface area (TPSA) is 111 Å².